The van der Waals surface area contributed by atoms with Gasteiger partial charge in [-0.3, -0.25) is 4.79 Å². The van der Waals surface area contributed by atoms with Gasteiger partial charge in [0.15, 0.2) is 0 Å². The van der Waals surface area contributed by atoms with Crippen LogP contribution in [0, 0.1) is 0 Å². The van der Waals surface area contributed by atoms with Gasteiger partial charge in [0.2, 0.25) is 0 Å². The molecule has 1 aromatic carbocycles. The SMILES string of the molecule is O=C(NC1CCCCCC1)c1ccc2c(c1)CCCN2. The zero-order valence-electron chi connectivity index (χ0n) is 12.1. The van der Waals surface area contributed by atoms with Gasteiger partial charge in [0.25, 0.3) is 5.91 Å². The summed E-state index contributed by atoms with van der Waals surface area (Å²) in [4.78, 5) is 12.4. The van der Waals surface area contributed by atoms with Gasteiger partial charge in [-0.15, -0.1) is 0 Å². The van der Waals surface area contributed by atoms with Gasteiger partial charge in [-0.1, -0.05) is 25.7 Å². The Morgan fingerprint density at radius 3 is 2.70 bits per heavy atom. The van der Waals surface area contributed by atoms with Crippen molar-refractivity contribution in [3.05, 3.63) is 29.3 Å². The predicted molar refractivity (Wildman–Crippen MR) is 82.2 cm³/mol. The molecule has 108 valence electrons. The van der Waals surface area contributed by atoms with Crippen LogP contribution in [0.2, 0.25) is 0 Å². The molecule has 1 saturated carbocycles. The zero-order valence-corrected chi connectivity index (χ0v) is 12.1. The molecule has 0 unspecified atom stereocenters. The summed E-state index contributed by atoms with van der Waals surface area (Å²) in [5, 5.41) is 6.61. The first-order valence-electron chi connectivity index (χ1n) is 8.00. The Morgan fingerprint density at radius 2 is 1.90 bits per heavy atom. The fraction of sp³-hybridized carbons (Fsp3) is 0.588. The quantitative estimate of drug-likeness (QED) is 0.809. The van der Waals surface area contributed by atoms with E-state index in [1.165, 1.54) is 36.9 Å². The Labute approximate surface area is 121 Å². The number of aryl methyl sites for hydroxylation is 1. The van der Waals surface area contributed by atoms with E-state index in [1.54, 1.807) is 0 Å². The fourth-order valence-corrected chi connectivity index (χ4v) is 3.31. The Kier molecular flexibility index (Phi) is 4.24. The molecule has 1 amide bonds. The molecule has 0 aromatic heterocycles. The lowest BCUT2D eigenvalue weighted by molar-refractivity contribution is 0.0933. The van der Waals surface area contributed by atoms with Crippen molar-refractivity contribution in [2.45, 2.75) is 57.4 Å². The second-order valence-electron chi connectivity index (χ2n) is 6.06. The number of fused-ring (bicyclic) bond motifs is 1. The number of benzene rings is 1. The van der Waals surface area contributed by atoms with E-state index >= 15 is 0 Å². The van der Waals surface area contributed by atoms with Gasteiger partial charge in [0.1, 0.15) is 0 Å². The third-order valence-corrected chi connectivity index (χ3v) is 4.50. The van der Waals surface area contributed by atoms with Crippen LogP contribution in [0.25, 0.3) is 0 Å². The highest BCUT2D eigenvalue weighted by Crippen LogP contribution is 2.23. The van der Waals surface area contributed by atoms with Crippen LogP contribution in [0.15, 0.2) is 18.2 Å². The van der Waals surface area contributed by atoms with E-state index in [-0.39, 0.29) is 5.91 Å². The monoisotopic (exact) mass is 272 g/mol. The predicted octanol–water partition coefficient (Wildman–Crippen LogP) is 3.50. The molecule has 0 atom stereocenters. The van der Waals surface area contributed by atoms with Crippen LogP contribution in [-0.2, 0) is 6.42 Å². The molecule has 1 aliphatic carbocycles. The smallest absolute Gasteiger partial charge is 0.251 e. The average Bonchev–Trinajstić information content (AvgIpc) is 2.75. The third kappa shape index (κ3) is 3.14. The Morgan fingerprint density at radius 1 is 1.10 bits per heavy atom. The molecule has 3 rings (SSSR count). The fourth-order valence-electron chi connectivity index (χ4n) is 3.31. The van der Waals surface area contributed by atoms with Gasteiger partial charge in [-0.25, -0.2) is 0 Å². The summed E-state index contributed by atoms with van der Waals surface area (Å²) >= 11 is 0. The number of hydrogen-bond donors (Lipinski definition) is 2. The maximum atomic E-state index is 12.4. The molecule has 0 saturated heterocycles. The number of carbonyl (C=O) groups is 1. The highest BCUT2D eigenvalue weighted by molar-refractivity contribution is 5.95. The van der Waals surface area contributed by atoms with Gasteiger partial charge in [0, 0.05) is 23.8 Å². The van der Waals surface area contributed by atoms with Crippen molar-refractivity contribution in [1.29, 1.82) is 0 Å². The van der Waals surface area contributed by atoms with Gasteiger partial charge in [-0.2, -0.15) is 0 Å². The molecule has 2 aliphatic rings. The van der Waals surface area contributed by atoms with Crippen molar-refractivity contribution in [2.75, 3.05) is 11.9 Å². The van der Waals surface area contributed by atoms with Crippen molar-refractivity contribution in [1.82, 2.24) is 5.32 Å². The maximum Gasteiger partial charge on any atom is 0.251 e. The van der Waals surface area contributed by atoms with Crippen molar-refractivity contribution in [3.63, 3.8) is 0 Å². The van der Waals surface area contributed by atoms with Crippen LogP contribution in [0.5, 0.6) is 0 Å². The molecule has 3 heteroatoms. The van der Waals surface area contributed by atoms with Crippen molar-refractivity contribution in [2.24, 2.45) is 0 Å². The van der Waals surface area contributed by atoms with Crippen molar-refractivity contribution >= 4 is 11.6 Å². The van der Waals surface area contributed by atoms with E-state index in [0.717, 1.165) is 37.8 Å². The Balaban J connectivity index is 1.67. The summed E-state index contributed by atoms with van der Waals surface area (Å²) in [5.74, 6) is 0.102. The van der Waals surface area contributed by atoms with E-state index < -0.39 is 0 Å². The van der Waals surface area contributed by atoms with Crippen LogP contribution in [0.3, 0.4) is 0 Å². The molecule has 1 heterocycles. The zero-order chi connectivity index (χ0) is 13.8. The first-order valence-corrected chi connectivity index (χ1v) is 8.00. The number of hydrogen-bond acceptors (Lipinski definition) is 2. The molecule has 1 aliphatic heterocycles. The van der Waals surface area contributed by atoms with Crippen LogP contribution in [-0.4, -0.2) is 18.5 Å². The first kappa shape index (κ1) is 13.5. The van der Waals surface area contributed by atoms with Gasteiger partial charge < -0.3 is 10.6 Å². The number of amides is 1. The molecular formula is C17H24N2O. The van der Waals surface area contributed by atoms with E-state index in [4.69, 9.17) is 0 Å². The van der Waals surface area contributed by atoms with Gasteiger partial charge in [-0.05, 0) is 49.4 Å². The molecule has 20 heavy (non-hydrogen) atoms. The second-order valence-corrected chi connectivity index (χ2v) is 6.06. The normalized spacial score (nSPS) is 19.6. The summed E-state index contributed by atoms with van der Waals surface area (Å²) in [6.45, 7) is 1.04. The second kappa shape index (κ2) is 6.29. The van der Waals surface area contributed by atoms with E-state index in [1.807, 2.05) is 6.07 Å². The molecule has 3 nitrogen and oxygen atoms in total. The van der Waals surface area contributed by atoms with Crippen molar-refractivity contribution < 1.29 is 4.79 Å². The van der Waals surface area contributed by atoms with Crippen LogP contribution >= 0.6 is 0 Å². The molecule has 2 N–H and O–H groups in total. The lowest BCUT2D eigenvalue weighted by atomic mass is 10.00. The van der Waals surface area contributed by atoms with E-state index in [0.29, 0.717) is 6.04 Å². The summed E-state index contributed by atoms with van der Waals surface area (Å²) in [5.41, 5.74) is 3.30. The van der Waals surface area contributed by atoms with Crippen LogP contribution < -0.4 is 10.6 Å². The highest BCUT2D eigenvalue weighted by Gasteiger charge is 2.17. The van der Waals surface area contributed by atoms with Crippen LogP contribution in [0.1, 0.15) is 60.9 Å². The van der Waals surface area contributed by atoms with Gasteiger partial charge in [0.05, 0.1) is 0 Å². The molecule has 1 aromatic rings. The van der Waals surface area contributed by atoms with Gasteiger partial charge >= 0.3 is 0 Å². The Bertz CT molecular complexity index is 476. The topological polar surface area (TPSA) is 41.1 Å². The summed E-state index contributed by atoms with van der Waals surface area (Å²) < 4.78 is 0. The summed E-state index contributed by atoms with van der Waals surface area (Å²) in [6, 6.07) is 6.44. The molecule has 0 radical (unpaired) electrons. The minimum Gasteiger partial charge on any atom is -0.385 e. The lowest BCUT2D eigenvalue weighted by Crippen LogP contribution is -2.34. The summed E-state index contributed by atoms with van der Waals surface area (Å²) in [6.07, 6.45) is 9.63. The highest BCUT2D eigenvalue weighted by atomic mass is 16.1. The maximum absolute atomic E-state index is 12.4. The van der Waals surface area contributed by atoms with E-state index in [2.05, 4.69) is 22.8 Å². The summed E-state index contributed by atoms with van der Waals surface area (Å²) in [7, 11) is 0. The lowest BCUT2D eigenvalue weighted by Gasteiger charge is -2.20. The van der Waals surface area contributed by atoms with Crippen molar-refractivity contribution in [3.8, 4) is 0 Å². The molecule has 0 bridgehead atoms. The standard InChI is InChI=1S/C17H24N2O/c20-17(19-15-7-3-1-2-4-8-15)14-9-10-16-13(12-14)6-5-11-18-16/h9-10,12,15,18H,1-8,11H2,(H,19,20). The Hall–Kier alpha value is -1.51. The molecule has 1 fully saturated rings. The largest absolute Gasteiger partial charge is 0.385 e. The average molecular weight is 272 g/mol. The third-order valence-electron chi connectivity index (χ3n) is 4.50. The molecular weight excluding hydrogens is 248 g/mol. The minimum atomic E-state index is 0.102. The minimum absolute atomic E-state index is 0.102. The number of nitrogens with one attached hydrogen (secondary N) is 2. The number of anilines is 1. The number of carbonyl (C=O) groups excluding carboxylic acids is 1. The van der Waals surface area contributed by atoms with E-state index in [9.17, 15) is 4.79 Å². The first-order chi connectivity index (χ1) is 9.83. The molecule has 0 spiro atoms. The van der Waals surface area contributed by atoms with Crippen LogP contribution in [0.4, 0.5) is 5.69 Å². The number of rotatable bonds is 2.